The molecule has 0 aliphatic carbocycles. The maximum atomic E-state index is 12.9. The summed E-state index contributed by atoms with van der Waals surface area (Å²) in [5.74, 6) is -3.90. The predicted octanol–water partition coefficient (Wildman–Crippen LogP) is 3.65. The molecule has 0 bridgehead atoms. The lowest BCUT2D eigenvalue weighted by Crippen LogP contribution is -2.33. The van der Waals surface area contributed by atoms with Gasteiger partial charge in [0.2, 0.25) is 5.88 Å². The molecule has 0 saturated heterocycles. The molecule has 33 heavy (non-hydrogen) atoms. The van der Waals surface area contributed by atoms with E-state index < -0.39 is 45.6 Å². The number of benzene rings is 2. The minimum absolute atomic E-state index is 0.0245. The molecule has 2 aromatic carbocycles. The van der Waals surface area contributed by atoms with Gasteiger partial charge >= 0.3 is 11.7 Å². The van der Waals surface area contributed by atoms with Gasteiger partial charge in [0.1, 0.15) is 0 Å². The van der Waals surface area contributed by atoms with Gasteiger partial charge in [-0.2, -0.15) is 0 Å². The number of aliphatic carboxylic acids is 1. The number of aromatic hydroxyl groups is 1. The topological polar surface area (TPSA) is 119 Å². The molecule has 1 heterocycles. The van der Waals surface area contributed by atoms with Crippen LogP contribution in [-0.2, 0) is 27.7 Å². The second-order valence-corrected chi connectivity index (χ2v) is 10.2. The Bertz CT molecular complexity index is 1280. The summed E-state index contributed by atoms with van der Waals surface area (Å²) in [5, 5.41) is 20.3. The Labute approximate surface area is 196 Å². The van der Waals surface area contributed by atoms with E-state index >= 15 is 0 Å². The molecule has 0 spiro atoms. The number of imidazole rings is 1. The first-order chi connectivity index (χ1) is 15.6. The molecule has 0 saturated carbocycles. The van der Waals surface area contributed by atoms with Gasteiger partial charge in [0.25, 0.3) is 0 Å². The minimum atomic E-state index is -3.97. The molecule has 0 fully saturated rings. The van der Waals surface area contributed by atoms with Gasteiger partial charge in [0.15, 0.2) is 9.84 Å². The van der Waals surface area contributed by atoms with Gasteiger partial charge in [-0.3, -0.25) is 13.9 Å². The third-order valence-corrected chi connectivity index (χ3v) is 7.42. The Kier molecular flexibility index (Phi) is 7.65. The van der Waals surface area contributed by atoms with E-state index in [4.69, 9.17) is 11.6 Å². The maximum absolute atomic E-state index is 12.9. The summed E-state index contributed by atoms with van der Waals surface area (Å²) in [6.07, 6.45) is 2.79. The second kappa shape index (κ2) is 10.3. The molecule has 1 unspecified atom stereocenters. The quantitative estimate of drug-likeness (QED) is 0.446. The van der Waals surface area contributed by atoms with Crippen LogP contribution in [0.2, 0.25) is 5.02 Å². The number of rotatable bonds is 10. The van der Waals surface area contributed by atoms with Crippen LogP contribution in [0.1, 0.15) is 19.8 Å². The summed E-state index contributed by atoms with van der Waals surface area (Å²) in [5.41, 5.74) is 1.07. The number of hydrogen-bond donors (Lipinski definition) is 2. The Morgan fingerprint density at radius 2 is 1.64 bits per heavy atom. The minimum Gasteiger partial charge on any atom is -0.493 e. The van der Waals surface area contributed by atoms with E-state index in [1.54, 1.807) is 24.3 Å². The highest BCUT2D eigenvalue weighted by Gasteiger charge is 2.29. The van der Waals surface area contributed by atoms with Crippen molar-refractivity contribution >= 4 is 27.4 Å². The molecule has 0 aliphatic rings. The maximum Gasteiger partial charge on any atom is 0.331 e. The number of aromatic nitrogens is 2. The fourth-order valence-corrected chi connectivity index (χ4v) is 5.11. The monoisotopic (exact) mass is 492 g/mol. The smallest absolute Gasteiger partial charge is 0.331 e. The number of carboxylic acid groups (broad SMARTS) is 1. The number of hydrogen-bond acceptors (Lipinski definition) is 5. The van der Waals surface area contributed by atoms with Crippen molar-refractivity contribution in [2.24, 2.45) is 5.92 Å². The molecule has 3 aromatic rings. The SMILES string of the molecule is CCCCn1cc(O)n(CC(CS(=O)(=O)c2ccc(-c3ccc(Cl)cc3)cc2)C(=O)O)c1=O. The van der Waals surface area contributed by atoms with Crippen molar-refractivity contribution in [1.29, 1.82) is 0 Å². The van der Waals surface area contributed by atoms with E-state index in [-0.39, 0.29) is 4.90 Å². The Morgan fingerprint density at radius 3 is 2.18 bits per heavy atom. The lowest BCUT2D eigenvalue weighted by molar-refractivity contribution is -0.141. The highest BCUT2D eigenvalue weighted by atomic mass is 35.5. The molecule has 1 aromatic heterocycles. The first-order valence-electron chi connectivity index (χ1n) is 10.4. The van der Waals surface area contributed by atoms with E-state index in [1.807, 2.05) is 19.1 Å². The average Bonchev–Trinajstić information content (AvgIpc) is 3.05. The third kappa shape index (κ3) is 5.85. The Morgan fingerprint density at radius 1 is 1.06 bits per heavy atom. The third-order valence-electron chi connectivity index (χ3n) is 5.34. The van der Waals surface area contributed by atoms with Gasteiger partial charge in [-0.25, -0.2) is 13.2 Å². The number of sulfone groups is 1. The summed E-state index contributed by atoms with van der Waals surface area (Å²) in [7, 11) is -3.97. The second-order valence-electron chi connectivity index (χ2n) is 7.78. The van der Waals surface area contributed by atoms with Crippen molar-refractivity contribution in [3.8, 4) is 17.0 Å². The van der Waals surface area contributed by atoms with Crippen LogP contribution in [0.3, 0.4) is 0 Å². The van der Waals surface area contributed by atoms with Crippen LogP contribution >= 0.6 is 11.6 Å². The molecule has 0 radical (unpaired) electrons. The van der Waals surface area contributed by atoms with Crippen LogP contribution < -0.4 is 5.69 Å². The largest absolute Gasteiger partial charge is 0.493 e. The molecule has 0 amide bonds. The fourth-order valence-electron chi connectivity index (χ4n) is 3.46. The van der Waals surface area contributed by atoms with Gasteiger partial charge in [-0.1, -0.05) is 49.2 Å². The van der Waals surface area contributed by atoms with Crippen LogP contribution in [0.4, 0.5) is 0 Å². The van der Waals surface area contributed by atoms with E-state index in [2.05, 4.69) is 0 Å². The van der Waals surface area contributed by atoms with Gasteiger partial charge in [0, 0.05) is 18.1 Å². The normalized spacial score (nSPS) is 12.5. The highest BCUT2D eigenvalue weighted by molar-refractivity contribution is 7.91. The number of carboxylic acids is 1. The van der Waals surface area contributed by atoms with Crippen LogP contribution in [0, 0.1) is 5.92 Å². The van der Waals surface area contributed by atoms with Gasteiger partial charge in [-0.05, 0) is 41.8 Å². The Balaban J connectivity index is 1.80. The van der Waals surface area contributed by atoms with E-state index in [1.165, 1.54) is 22.9 Å². The van der Waals surface area contributed by atoms with Gasteiger partial charge < -0.3 is 10.2 Å². The molecule has 2 N–H and O–H groups in total. The first-order valence-corrected chi connectivity index (χ1v) is 12.5. The van der Waals surface area contributed by atoms with Crippen LogP contribution in [-0.4, -0.2) is 39.5 Å². The molecule has 176 valence electrons. The highest BCUT2D eigenvalue weighted by Crippen LogP contribution is 2.24. The molecule has 8 nitrogen and oxygen atoms in total. The van der Waals surface area contributed by atoms with Crippen molar-refractivity contribution in [2.45, 2.75) is 37.8 Å². The Hall–Kier alpha value is -3.04. The number of halogens is 1. The molecular weight excluding hydrogens is 468 g/mol. The molecule has 10 heteroatoms. The standard InChI is InChI=1S/C23H25ClN2O6S/c1-2-3-12-25-14-21(27)26(23(25)30)13-18(22(28)29)15-33(31,32)20-10-6-17(7-11-20)16-4-8-19(24)9-5-16/h4-11,14,18,27H,2-3,12-13,15H2,1H3,(H,28,29). The molecular formula is C23H25ClN2O6S. The summed E-state index contributed by atoms with van der Waals surface area (Å²) < 4.78 is 28.0. The zero-order valence-corrected chi connectivity index (χ0v) is 19.6. The molecule has 1 atom stereocenters. The number of carbonyl (C=O) groups is 1. The van der Waals surface area contributed by atoms with Crippen molar-refractivity contribution in [1.82, 2.24) is 9.13 Å². The van der Waals surface area contributed by atoms with Crippen LogP contribution in [0.25, 0.3) is 11.1 Å². The lowest BCUT2D eigenvalue weighted by atomic mass is 10.1. The summed E-state index contributed by atoms with van der Waals surface area (Å²) in [4.78, 5) is 24.3. The zero-order chi connectivity index (χ0) is 24.2. The van der Waals surface area contributed by atoms with Crippen LogP contribution in [0.5, 0.6) is 5.88 Å². The summed E-state index contributed by atoms with van der Waals surface area (Å²) in [6.45, 7) is 1.88. The van der Waals surface area contributed by atoms with Crippen molar-refractivity contribution in [3.05, 3.63) is 70.2 Å². The van der Waals surface area contributed by atoms with Crippen LogP contribution in [0.15, 0.2) is 64.4 Å². The van der Waals surface area contributed by atoms with Gasteiger partial charge in [0.05, 0.1) is 22.8 Å². The predicted molar refractivity (Wildman–Crippen MR) is 125 cm³/mol. The number of nitrogens with zero attached hydrogens (tertiary/aromatic N) is 2. The summed E-state index contributed by atoms with van der Waals surface area (Å²) in [6, 6.07) is 13.2. The van der Waals surface area contributed by atoms with Crippen molar-refractivity contribution in [3.63, 3.8) is 0 Å². The van der Waals surface area contributed by atoms with Gasteiger partial charge in [-0.15, -0.1) is 0 Å². The number of unbranched alkanes of at least 4 members (excludes halogenated alkanes) is 1. The van der Waals surface area contributed by atoms with E-state index in [0.29, 0.717) is 18.0 Å². The lowest BCUT2D eigenvalue weighted by Gasteiger charge is -2.14. The average molecular weight is 493 g/mol. The molecule has 0 aliphatic heterocycles. The zero-order valence-electron chi connectivity index (χ0n) is 18.0. The molecule has 3 rings (SSSR count). The fraction of sp³-hybridized carbons (Fsp3) is 0.304. The summed E-state index contributed by atoms with van der Waals surface area (Å²) >= 11 is 5.89. The number of aryl methyl sites for hydroxylation is 1. The van der Waals surface area contributed by atoms with E-state index in [0.717, 1.165) is 22.1 Å². The van der Waals surface area contributed by atoms with Crippen molar-refractivity contribution < 1.29 is 23.4 Å². The van der Waals surface area contributed by atoms with E-state index in [9.17, 15) is 28.2 Å². The first kappa shape index (κ1) is 24.6. The van der Waals surface area contributed by atoms with Crippen molar-refractivity contribution in [2.75, 3.05) is 5.75 Å².